The van der Waals surface area contributed by atoms with Crippen LogP contribution in [0.25, 0.3) is 0 Å². The van der Waals surface area contributed by atoms with Gasteiger partial charge in [0.05, 0.1) is 32.5 Å². The third kappa shape index (κ3) is 7.14. The van der Waals surface area contributed by atoms with E-state index in [1.165, 1.54) is 7.11 Å². The minimum absolute atomic E-state index is 0.0268. The van der Waals surface area contributed by atoms with Gasteiger partial charge in [0, 0.05) is 25.1 Å². The van der Waals surface area contributed by atoms with Crippen molar-refractivity contribution in [2.24, 2.45) is 0 Å². The summed E-state index contributed by atoms with van der Waals surface area (Å²) in [6, 6.07) is 8.84. The van der Waals surface area contributed by atoms with Crippen LogP contribution >= 0.6 is 0 Å². The molecule has 1 aliphatic heterocycles. The Labute approximate surface area is 248 Å². The SMILES string of the molecule is CCOC(=O)c1c[nH]c(=O)c(C(CC(=O)NCCc2ccc(OCC)c(OCC)c2)c2cc(OC)c3c(c2)OCO3)c1O. The zero-order chi connectivity index (χ0) is 30.9. The lowest BCUT2D eigenvalue weighted by atomic mass is 9.87. The highest BCUT2D eigenvalue weighted by atomic mass is 16.7. The van der Waals surface area contributed by atoms with Gasteiger partial charge in [-0.1, -0.05) is 6.07 Å². The predicted octanol–water partition coefficient (Wildman–Crippen LogP) is 3.67. The van der Waals surface area contributed by atoms with E-state index in [-0.39, 0.29) is 30.9 Å². The van der Waals surface area contributed by atoms with Crippen molar-refractivity contribution >= 4 is 11.9 Å². The molecular weight excluding hydrogens is 560 g/mol. The van der Waals surface area contributed by atoms with Crippen LogP contribution in [0.2, 0.25) is 0 Å². The zero-order valence-electron chi connectivity index (χ0n) is 24.6. The molecule has 2 heterocycles. The molecule has 12 nitrogen and oxygen atoms in total. The Bertz CT molecular complexity index is 1520. The van der Waals surface area contributed by atoms with Crippen LogP contribution < -0.4 is 34.6 Å². The molecule has 1 atom stereocenters. The molecule has 3 N–H and O–H groups in total. The molecule has 0 bridgehead atoms. The molecule has 0 saturated carbocycles. The topological polar surface area (TPSA) is 155 Å². The molecule has 1 amide bonds. The number of aromatic nitrogens is 1. The first-order valence-corrected chi connectivity index (χ1v) is 14.1. The maximum Gasteiger partial charge on any atom is 0.343 e. The zero-order valence-corrected chi connectivity index (χ0v) is 24.6. The monoisotopic (exact) mass is 596 g/mol. The highest BCUT2D eigenvalue weighted by molar-refractivity contribution is 5.92. The second kappa shape index (κ2) is 14.3. The van der Waals surface area contributed by atoms with E-state index >= 15 is 0 Å². The van der Waals surface area contributed by atoms with Crippen molar-refractivity contribution in [1.82, 2.24) is 10.3 Å². The second-order valence-corrected chi connectivity index (χ2v) is 9.47. The number of hydrogen-bond donors (Lipinski definition) is 3. The molecule has 0 saturated heterocycles. The van der Waals surface area contributed by atoms with Crippen LogP contribution in [-0.2, 0) is 16.0 Å². The summed E-state index contributed by atoms with van der Waals surface area (Å²) in [6.45, 7) is 6.73. The van der Waals surface area contributed by atoms with Gasteiger partial charge in [-0.05, 0) is 62.6 Å². The van der Waals surface area contributed by atoms with Crippen molar-refractivity contribution in [2.75, 3.05) is 40.3 Å². The number of aromatic hydroxyl groups is 1. The molecule has 0 spiro atoms. The number of benzene rings is 2. The fourth-order valence-electron chi connectivity index (χ4n) is 4.82. The summed E-state index contributed by atoms with van der Waals surface area (Å²) in [5.41, 5.74) is 0.300. The number of carbonyl (C=O) groups is 2. The molecule has 12 heteroatoms. The average Bonchev–Trinajstić information content (AvgIpc) is 3.47. The smallest absolute Gasteiger partial charge is 0.343 e. The van der Waals surface area contributed by atoms with E-state index in [2.05, 4.69) is 10.3 Å². The first-order valence-electron chi connectivity index (χ1n) is 14.1. The molecule has 1 unspecified atom stereocenters. The van der Waals surface area contributed by atoms with Gasteiger partial charge in [0.2, 0.25) is 18.4 Å². The summed E-state index contributed by atoms with van der Waals surface area (Å²) in [6.07, 6.45) is 1.36. The van der Waals surface area contributed by atoms with E-state index < -0.39 is 29.1 Å². The lowest BCUT2D eigenvalue weighted by Gasteiger charge is -2.20. The van der Waals surface area contributed by atoms with E-state index in [1.807, 2.05) is 32.0 Å². The molecule has 0 aliphatic carbocycles. The van der Waals surface area contributed by atoms with Gasteiger partial charge in [-0.2, -0.15) is 0 Å². The van der Waals surface area contributed by atoms with Crippen LogP contribution in [0.4, 0.5) is 0 Å². The van der Waals surface area contributed by atoms with Crippen molar-refractivity contribution in [3.05, 3.63) is 69.1 Å². The van der Waals surface area contributed by atoms with E-state index in [0.717, 1.165) is 11.8 Å². The first kappa shape index (κ1) is 31.1. The summed E-state index contributed by atoms with van der Waals surface area (Å²) >= 11 is 0. The Hall–Kier alpha value is -4.87. The number of carbonyl (C=O) groups excluding carboxylic acids is 2. The van der Waals surface area contributed by atoms with Gasteiger partial charge in [-0.25, -0.2) is 4.79 Å². The first-order chi connectivity index (χ1) is 20.8. The molecule has 2 aromatic carbocycles. The van der Waals surface area contributed by atoms with Gasteiger partial charge in [-0.15, -0.1) is 0 Å². The number of pyridine rings is 1. The number of nitrogens with one attached hydrogen (secondary N) is 2. The summed E-state index contributed by atoms with van der Waals surface area (Å²) in [4.78, 5) is 41.4. The van der Waals surface area contributed by atoms with Crippen molar-refractivity contribution in [3.8, 4) is 34.5 Å². The highest BCUT2D eigenvalue weighted by Crippen LogP contribution is 2.45. The van der Waals surface area contributed by atoms with E-state index in [9.17, 15) is 19.5 Å². The van der Waals surface area contributed by atoms with Gasteiger partial charge in [0.15, 0.2) is 23.0 Å². The third-order valence-electron chi connectivity index (χ3n) is 6.76. The normalized spacial score (nSPS) is 12.4. The minimum Gasteiger partial charge on any atom is -0.506 e. The predicted molar refractivity (Wildman–Crippen MR) is 156 cm³/mol. The Morgan fingerprint density at radius 3 is 2.51 bits per heavy atom. The van der Waals surface area contributed by atoms with Gasteiger partial charge in [0.1, 0.15) is 11.3 Å². The van der Waals surface area contributed by atoms with Crippen LogP contribution in [-0.4, -0.2) is 62.2 Å². The quantitative estimate of drug-likeness (QED) is 0.235. The fourth-order valence-corrected chi connectivity index (χ4v) is 4.82. The lowest BCUT2D eigenvalue weighted by molar-refractivity contribution is -0.121. The third-order valence-corrected chi connectivity index (χ3v) is 6.76. The van der Waals surface area contributed by atoms with E-state index in [0.29, 0.717) is 60.5 Å². The molecule has 0 fully saturated rings. The molecule has 3 aromatic rings. The Balaban J connectivity index is 1.61. The Kier molecular flexibility index (Phi) is 10.4. The van der Waals surface area contributed by atoms with Crippen LogP contribution in [0, 0.1) is 0 Å². The maximum absolute atomic E-state index is 13.3. The number of esters is 1. The summed E-state index contributed by atoms with van der Waals surface area (Å²) < 4.78 is 32.8. The largest absolute Gasteiger partial charge is 0.506 e. The summed E-state index contributed by atoms with van der Waals surface area (Å²) in [5, 5.41) is 14.0. The fraction of sp³-hybridized carbons (Fsp3) is 0.387. The molecule has 43 heavy (non-hydrogen) atoms. The molecular formula is C31H36N2O10. The number of ether oxygens (including phenoxy) is 6. The summed E-state index contributed by atoms with van der Waals surface area (Å²) in [7, 11) is 1.45. The molecule has 0 radical (unpaired) electrons. The van der Waals surface area contributed by atoms with Crippen molar-refractivity contribution < 1.29 is 43.1 Å². The number of amides is 1. The van der Waals surface area contributed by atoms with Crippen molar-refractivity contribution in [2.45, 2.75) is 39.5 Å². The standard InChI is InChI=1S/C31H36N2O10/c1-5-39-22-9-8-18(12-23(22)40-6-2)10-11-32-26(34)15-20(19-13-24(38-4)29-25(14-19)42-17-43-29)27-28(35)21(16-33-30(27)36)31(37)41-7-3/h8-9,12-14,16,20H,5-7,10-11,15,17H2,1-4H3,(H,32,34)(H2,33,35,36). The Morgan fingerprint density at radius 2 is 1.79 bits per heavy atom. The van der Waals surface area contributed by atoms with Gasteiger partial charge >= 0.3 is 5.97 Å². The minimum atomic E-state index is -0.989. The number of methoxy groups -OCH3 is 1. The van der Waals surface area contributed by atoms with Crippen LogP contribution in [0.3, 0.4) is 0 Å². The van der Waals surface area contributed by atoms with E-state index in [4.69, 9.17) is 28.4 Å². The summed E-state index contributed by atoms with van der Waals surface area (Å²) in [5.74, 6) is -0.425. The molecule has 230 valence electrons. The molecule has 1 aliphatic rings. The number of fused-ring (bicyclic) bond motifs is 1. The number of hydrogen-bond acceptors (Lipinski definition) is 10. The van der Waals surface area contributed by atoms with Crippen LogP contribution in [0.5, 0.6) is 34.5 Å². The number of H-pyrrole nitrogens is 1. The van der Waals surface area contributed by atoms with Gasteiger partial charge < -0.3 is 43.8 Å². The highest BCUT2D eigenvalue weighted by Gasteiger charge is 2.31. The maximum atomic E-state index is 13.3. The van der Waals surface area contributed by atoms with Crippen molar-refractivity contribution in [1.29, 1.82) is 0 Å². The van der Waals surface area contributed by atoms with Gasteiger partial charge in [0.25, 0.3) is 5.56 Å². The number of rotatable bonds is 14. The van der Waals surface area contributed by atoms with Crippen LogP contribution in [0.1, 0.15) is 60.2 Å². The molecule has 4 rings (SSSR count). The van der Waals surface area contributed by atoms with Gasteiger partial charge in [-0.3, -0.25) is 9.59 Å². The average molecular weight is 597 g/mol. The second-order valence-electron chi connectivity index (χ2n) is 9.47. The number of aromatic amines is 1. The Morgan fingerprint density at radius 1 is 1.02 bits per heavy atom. The van der Waals surface area contributed by atoms with E-state index in [1.54, 1.807) is 19.1 Å². The lowest BCUT2D eigenvalue weighted by Crippen LogP contribution is -2.29. The molecule has 1 aromatic heterocycles. The van der Waals surface area contributed by atoms with Crippen LogP contribution in [0.15, 0.2) is 41.3 Å². The van der Waals surface area contributed by atoms with Crippen molar-refractivity contribution in [3.63, 3.8) is 0 Å².